The van der Waals surface area contributed by atoms with Crippen LogP contribution in [0.15, 0.2) is 71.7 Å². The number of aryl methyl sites for hydroxylation is 2. The van der Waals surface area contributed by atoms with Crippen molar-refractivity contribution >= 4 is 58.0 Å². The van der Waals surface area contributed by atoms with E-state index in [9.17, 15) is 24.3 Å². The lowest BCUT2D eigenvalue weighted by Gasteiger charge is -2.37. The highest BCUT2D eigenvalue weighted by molar-refractivity contribution is 7.15. The van der Waals surface area contributed by atoms with Crippen molar-refractivity contribution in [2.24, 2.45) is 10.9 Å². The topological polar surface area (TPSA) is 192 Å². The SMILES string of the molecule is Cc1sc2c(c1C)C(c1ccc(Cl)cc1)=NC(CC(=O)NCCCCCC(=O)NCCCCCC(=O)NCc1ccc(COc3ccc4c(c3)N(C)C(C(C)C)C(=O)NC(CO)C4)cc1)c1nnc(C)n1-2. The summed E-state index contributed by atoms with van der Waals surface area (Å²) >= 11 is 7.91. The second-order valence-corrected chi connectivity index (χ2v) is 20.6. The van der Waals surface area contributed by atoms with Crippen molar-refractivity contribution in [3.05, 3.63) is 122 Å². The lowest BCUT2D eigenvalue weighted by molar-refractivity contribution is -0.124. The largest absolute Gasteiger partial charge is 0.489 e. The van der Waals surface area contributed by atoms with E-state index < -0.39 is 6.04 Å². The van der Waals surface area contributed by atoms with Crippen molar-refractivity contribution in [2.45, 2.75) is 130 Å². The summed E-state index contributed by atoms with van der Waals surface area (Å²) in [7, 11) is 1.93. The average Bonchev–Trinajstić information content (AvgIpc) is 3.83. The summed E-state index contributed by atoms with van der Waals surface area (Å²) in [6, 6.07) is 20.2. The van der Waals surface area contributed by atoms with E-state index in [0.29, 0.717) is 62.1 Å². The molecular weight excluding hydrogens is 938 g/mol. The Balaban J connectivity index is 0.743. The minimum absolute atomic E-state index is 0.00735. The Kier molecular flexibility index (Phi) is 18.4. The lowest BCUT2D eigenvalue weighted by atomic mass is 9.95. The first kappa shape index (κ1) is 52.7. The number of rotatable bonds is 22. The van der Waals surface area contributed by atoms with Crippen molar-refractivity contribution in [3.8, 4) is 10.8 Å². The van der Waals surface area contributed by atoms with Crippen LogP contribution in [-0.2, 0) is 38.8 Å². The van der Waals surface area contributed by atoms with Gasteiger partial charge in [0.05, 0.1) is 24.8 Å². The van der Waals surface area contributed by atoms with Crippen LogP contribution in [0.4, 0.5) is 5.69 Å². The number of fused-ring (bicyclic) bond motifs is 4. The van der Waals surface area contributed by atoms with E-state index in [1.165, 1.54) is 4.88 Å². The zero-order valence-corrected chi connectivity index (χ0v) is 43.4. The third-order valence-electron chi connectivity index (χ3n) is 13.2. The molecule has 0 saturated heterocycles. The number of nitrogens with one attached hydrogen (secondary N) is 4. The van der Waals surface area contributed by atoms with E-state index in [1.807, 2.05) is 104 Å². The normalized spacial score (nSPS) is 16.4. The number of amides is 4. The molecule has 5 N–H and O–H groups in total. The van der Waals surface area contributed by atoms with Crippen LogP contribution in [0.1, 0.15) is 128 Å². The van der Waals surface area contributed by atoms with Crippen LogP contribution in [0.5, 0.6) is 5.75 Å². The first-order chi connectivity index (χ1) is 34.2. The Hall–Kier alpha value is -6.10. The number of ether oxygens (including phenoxy) is 1. The number of hydrogen-bond donors (Lipinski definition) is 5. The van der Waals surface area contributed by atoms with Crippen LogP contribution in [0.2, 0.25) is 5.02 Å². The highest BCUT2D eigenvalue weighted by atomic mass is 35.5. The first-order valence-electron chi connectivity index (χ1n) is 24.8. The number of thiophene rings is 1. The van der Waals surface area contributed by atoms with Crippen LogP contribution in [0.25, 0.3) is 5.00 Å². The Labute approximate surface area is 426 Å². The maximum Gasteiger partial charge on any atom is 0.243 e. The second kappa shape index (κ2) is 24.8. The van der Waals surface area contributed by atoms with E-state index in [-0.39, 0.29) is 54.7 Å². The molecule has 0 aliphatic carbocycles. The number of likely N-dealkylation sites (N-methyl/N-ethyl adjacent to an activating group) is 1. The molecule has 3 atom stereocenters. The highest BCUT2D eigenvalue weighted by Gasteiger charge is 2.34. The van der Waals surface area contributed by atoms with Crippen molar-refractivity contribution in [1.82, 2.24) is 36.0 Å². The number of benzene rings is 3. The molecule has 15 nitrogen and oxygen atoms in total. The summed E-state index contributed by atoms with van der Waals surface area (Å²) in [6.45, 7) is 11.9. The van der Waals surface area contributed by atoms with Crippen molar-refractivity contribution in [1.29, 1.82) is 0 Å². The summed E-state index contributed by atoms with van der Waals surface area (Å²) in [5.74, 6) is 1.93. The van der Waals surface area contributed by atoms with Gasteiger partial charge in [0.1, 0.15) is 35.3 Å². The number of aliphatic hydroxyl groups excluding tert-OH is 1. The van der Waals surface area contributed by atoms with Gasteiger partial charge in [-0.3, -0.25) is 28.7 Å². The minimum atomic E-state index is -0.534. The van der Waals surface area contributed by atoms with E-state index in [1.54, 1.807) is 11.3 Å². The van der Waals surface area contributed by atoms with Gasteiger partial charge in [0.15, 0.2) is 5.82 Å². The predicted molar refractivity (Wildman–Crippen MR) is 280 cm³/mol. The lowest BCUT2D eigenvalue weighted by Crippen LogP contribution is -2.54. The molecule has 5 aromatic rings. The van der Waals surface area contributed by atoms with Gasteiger partial charge < -0.3 is 36.0 Å². The first-order valence-corrected chi connectivity index (χ1v) is 26.0. The van der Waals surface area contributed by atoms with Gasteiger partial charge in [-0.15, -0.1) is 21.5 Å². The molecule has 0 saturated carbocycles. The maximum absolute atomic E-state index is 13.3. The number of aliphatic imine (C=N–C) groups is 1. The van der Waals surface area contributed by atoms with Gasteiger partial charge in [-0.2, -0.15) is 0 Å². The number of hydrogen-bond acceptors (Lipinski definition) is 11. The number of carbonyl (C=O) groups is 4. The number of halogens is 1. The Morgan fingerprint density at radius 2 is 1.52 bits per heavy atom. The fourth-order valence-electron chi connectivity index (χ4n) is 9.23. The quantitative estimate of drug-likeness (QED) is 0.0429. The number of anilines is 1. The number of unbranched alkanes of at least 4 members (excludes halogenated alkanes) is 4. The fraction of sp³-hybridized carbons (Fsp3) is 0.463. The molecule has 0 radical (unpaired) electrons. The summed E-state index contributed by atoms with van der Waals surface area (Å²) < 4.78 is 8.21. The molecule has 3 aromatic carbocycles. The maximum atomic E-state index is 13.3. The minimum Gasteiger partial charge on any atom is -0.489 e. The van der Waals surface area contributed by atoms with Gasteiger partial charge in [0.2, 0.25) is 23.6 Å². The van der Waals surface area contributed by atoms with Gasteiger partial charge in [-0.1, -0.05) is 80.8 Å². The van der Waals surface area contributed by atoms with Crippen LogP contribution < -0.4 is 30.9 Å². The molecule has 7 rings (SSSR count). The number of aliphatic hydroxyl groups is 1. The molecule has 2 aromatic heterocycles. The van der Waals surface area contributed by atoms with Crippen molar-refractivity contribution in [3.63, 3.8) is 0 Å². The van der Waals surface area contributed by atoms with Gasteiger partial charge >= 0.3 is 0 Å². The second-order valence-electron chi connectivity index (χ2n) is 19.0. The monoisotopic (exact) mass is 1010 g/mol. The van der Waals surface area contributed by atoms with Crippen LogP contribution in [-0.4, -0.2) is 88.0 Å². The molecule has 4 amide bonds. The van der Waals surface area contributed by atoms with E-state index in [2.05, 4.69) is 45.3 Å². The molecule has 3 unspecified atom stereocenters. The Morgan fingerprint density at radius 3 is 2.20 bits per heavy atom. The molecule has 0 bridgehead atoms. The smallest absolute Gasteiger partial charge is 0.243 e. The zero-order valence-electron chi connectivity index (χ0n) is 41.8. The average molecular weight is 1010 g/mol. The van der Waals surface area contributed by atoms with E-state index in [0.717, 1.165) is 94.1 Å². The molecule has 0 spiro atoms. The number of carbonyl (C=O) groups excluding carboxylic acids is 4. The zero-order chi connectivity index (χ0) is 50.6. The third kappa shape index (κ3) is 13.7. The molecule has 17 heteroatoms. The van der Waals surface area contributed by atoms with Gasteiger partial charge in [-0.05, 0) is 99.2 Å². The predicted octanol–water partition coefficient (Wildman–Crippen LogP) is 7.93. The Morgan fingerprint density at radius 1 is 0.859 bits per heavy atom. The standard InChI is InChI=1S/C54H68ClN9O6S/c1-33(2)51-53(69)59-42(31-65)27-40-21-24-43(28-45(40)63(51)6)70-32-38-17-15-37(16-18-38)30-58-47(67)14-10-8-11-25-56-46(66)13-9-7-12-26-57-48(68)29-44-52-62-61-36(5)64(52)54-49(34(3)35(4)71-54)50(60-44)39-19-22-41(55)23-20-39/h15-24,28,33,42,44,51,65H,7-14,25-27,29-32H2,1-6H3,(H,56,66)(H,57,68)(H,58,67)(H,59,69). The molecular formula is C54H68ClN9O6S. The number of nitrogens with zero attached hydrogens (tertiary/aromatic N) is 5. The van der Waals surface area contributed by atoms with Gasteiger partial charge in [-0.25, -0.2) is 0 Å². The van der Waals surface area contributed by atoms with Crippen LogP contribution in [0, 0.1) is 26.7 Å². The molecule has 4 heterocycles. The fourth-order valence-corrected chi connectivity index (χ4v) is 10.6. The van der Waals surface area contributed by atoms with Crippen LogP contribution in [0.3, 0.4) is 0 Å². The van der Waals surface area contributed by atoms with Crippen molar-refractivity contribution < 1.29 is 29.0 Å². The molecule has 2 aliphatic rings. The summed E-state index contributed by atoms with van der Waals surface area (Å²) in [6.07, 6.45) is 6.15. The summed E-state index contributed by atoms with van der Waals surface area (Å²) in [5.41, 5.74) is 7.82. The molecule has 0 fully saturated rings. The van der Waals surface area contributed by atoms with Crippen LogP contribution >= 0.6 is 22.9 Å². The van der Waals surface area contributed by atoms with Gasteiger partial charge in [0, 0.05) is 72.3 Å². The van der Waals surface area contributed by atoms with E-state index in [4.69, 9.17) is 21.3 Å². The molecule has 2 aliphatic heterocycles. The van der Waals surface area contributed by atoms with Crippen molar-refractivity contribution in [2.75, 3.05) is 31.6 Å². The summed E-state index contributed by atoms with van der Waals surface area (Å²) in [4.78, 5) is 59.8. The number of aromatic nitrogens is 3. The highest BCUT2D eigenvalue weighted by Crippen LogP contribution is 2.40. The third-order valence-corrected chi connectivity index (χ3v) is 14.7. The molecule has 378 valence electrons. The Bertz CT molecular complexity index is 2680. The van der Waals surface area contributed by atoms with Gasteiger partial charge in [0.25, 0.3) is 0 Å². The molecule has 71 heavy (non-hydrogen) atoms. The summed E-state index contributed by atoms with van der Waals surface area (Å²) in [5, 5.41) is 32.4. The van der Waals surface area contributed by atoms with E-state index >= 15 is 0 Å².